The third-order valence-corrected chi connectivity index (χ3v) is 2.21. The summed E-state index contributed by atoms with van der Waals surface area (Å²) in [5.74, 6) is 0. The predicted octanol–water partition coefficient (Wildman–Crippen LogP) is 4.02. The lowest BCUT2D eigenvalue weighted by molar-refractivity contribution is 0.0848. The molecule has 1 rings (SSSR count). The first-order valence-electron chi connectivity index (χ1n) is 4.85. The molecule has 1 aromatic rings. The minimum Gasteiger partial charge on any atom is -0.385 e. The molecule has 0 aromatic heterocycles. The Hall–Kier alpha value is -0.830. The highest BCUT2D eigenvalue weighted by Crippen LogP contribution is 2.24. The first-order chi connectivity index (χ1) is 6.97. The third kappa shape index (κ3) is 5.57. The number of alkyl halides is 3. The zero-order valence-corrected chi connectivity index (χ0v) is 9.32. The van der Waals surface area contributed by atoms with E-state index in [1.165, 1.54) is 5.56 Å². The highest BCUT2D eigenvalue weighted by atomic mass is 35.5. The van der Waals surface area contributed by atoms with Crippen LogP contribution in [0.5, 0.6) is 0 Å². The molecule has 84 valence electrons. The van der Waals surface area contributed by atoms with E-state index >= 15 is 0 Å². The van der Waals surface area contributed by atoms with Gasteiger partial charge in [0.05, 0.1) is 0 Å². The van der Waals surface area contributed by atoms with Gasteiger partial charge in [-0.15, -0.1) is 0 Å². The normalized spacial score (nSPS) is 11.5. The highest BCUT2D eigenvalue weighted by molar-refractivity contribution is 6.21. The number of rotatable bonds is 5. The van der Waals surface area contributed by atoms with Crippen LogP contribution < -0.4 is 5.32 Å². The number of benzene rings is 1. The Kier molecular flexibility index (Phi) is 4.33. The van der Waals surface area contributed by atoms with Crippen LogP contribution in [0.1, 0.15) is 18.4 Å². The lowest BCUT2D eigenvalue weighted by Gasteiger charge is -2.09. The molecule has 0 aliphatic rings. The molecule has 0 atom stereocenters. The Balaban J connectivity index is 2.23. The SMILES string of the molecule is Cc1ccc(NCCCC(F)(F)Cl)cc1. The van der Waals surface area contributed by atoms with Crippen molar-refractivity contribution < 1.29 is 8.78 Å². The molecule has 1 nitrogen and oxygen atoms in total. The molecule has 0 fully saturated rings. The van der Waals surface area contributed by atoms with E-state index in [2.05, 4.69) is 5.32 Å². The summed E-state index contributed by atoms with van der Waals surface area (Å²) in [5, 5.41) is -0.0220. The van der Waals surface area contributed by atoms with Gasteiger partial charge in [-0.2, -0.15) is 8.78 Å². The maximum Gasteiger partial charge on any atom is 0.321 e. The van der Waals surface area contributed by atoms with Crippen molar-refractivity contribution in [2.24, 2.45) is 0 Å². The Morgan fingerprint density at radius 3 is 2.40 bits per heavy atom. The van der Waals surface area contributed by atoms with Crippen LogP contribution in [-0.4, -0.2) is 11.9 Å². The smallest absolute Gasteiger partial charge is 0.321 e. The second-order valence-electron chi connectivity index (χ2n) is 3.51. The topological polar surface area (TPSA) is 12.0 Å². The summed E-state index contributed by atoms with van der Waals surface area (Å²) in [5.41, 5.74) is 2.12. The van der Waals surface area contributed by atoms with Gasteiger partial charge in [0.2, 0.25) is 0 Å². The van der Waals surface area contributed by atoms with Gasteiger partial charge < -0.3 is 5.32 Å². The summed E-state index contributed by atoms with van der Waals surface area (Å²) < 4.78 is 24.5. The summed E-state index contributed by atoms with van der Waals surface area (Å²) in [4.78, 5) is 0. The lowest BCUT2D eigenvalue weighted by Crippen LogP contribution is -2.09. The van der Waals surface area contributed by atoms with E-state index in [0.717, 1.165) is 5.69 Å². The van der Waals surface area contributed by atoms with Crippen molar-refractivity contribution in [2.45, 2.75) is 25.1 Å². The summed E-state index contributed by atoms with van der Waals surface area (Å²) in [6.45, 7) is 2.50. The van der Waals surface area contributed by atoms with Crippen LogP contribution in [-0.2, 0) is 0 Å². The Morgan fingerprint density at radius 1 is 1.27 bits per heavy atom. The maximum atomic E-state index is 12.2. The number of halogens is 3. The van der Waals surface area contributed by atoms with E-state index in [0.29, 0.717) is 13.0 Å². The monoisotopic (exact) mass is 233 g/mol. The Bertz CT molecular complexity index is 292. The molecule has 4 heteroatoms. The summed E-state index contributed by atoms with van der Waals surface area (Å²) >= 11 is 4.77. The minimum atomic E-state index is -3.07. The number of hydrogen-bond donors (Lipinski definition) is 1. The zero-order valence-electron chi connectivity index (χ0n) is 8.56. The minimum absolute atomic E-state index is 0.298. The van der Waals surface area contributed by atoms with Crippen molar-refractivity contribution in [3.05, 3.63) is 29.8 Å². The third-order valence-electron chi connectivity index (χ3n) is 2.02. The second-order valence-corrected chi connectivity index (χ2v) is 4.06. The lowest BCUT2D eigenvalue weighted by atomic mass is 10.2. The van der Waals surface area contributed by atoms with E-state index in [9.17, 15) is 8.78 Å². The van der Waals surface area contributed by atoms with Gasteiger partial charge in [-0.25, -0.2) is 0 Å². The Morgan fingerprint density at radius 2 is 1.87 bits per heavy atom. The second kappa shape index (κ2) is 5.31. The average Bonchev–Trinajstić information content (AvgIpc) is 2.14. The molecule has 0 aliphatic heterocycles. The maximum absolute atomic E-state index is 12.2. The first-order valence-corrected chi connectivity index (χ1v) is 5.22. The molecule has 0 heterocycles. The van der Waals surface area contributed by atoms with Crippen LogP contribution in [0.3, 0.4) is 0 Å². The summed E-state index contributed by atoms with van der Waals surface area (Å²) in [7, 11) is 0. The number of aryl methyl sites for hydroxylation is 1. The van der Waals surface area contributed by atoms with Crippen LogP contribution in [0, 0.1) is 6.92 Å². The van der Waals surface area contributed by atoms with Crippen LogP contribution in [0.2, 0.25) is 0 Å². The molecule has 0 aliphatic carbocycles. The first kappa shape index (κ1) is 12.2. The van der Waals surface area contributed by atoms with Gasteiger partial charge in [0, 0.05) is 18.7 Å². The molecule has 0 unspecified atom stereocenters. The molecule has 0 bridgehead atoms. The van der Waals surface area contributed by atoms with Crippen LogP contribution in [0.4, 0.5) is 14.5 Å². The van der Waals surface area contributed by atoms with Crippen molar-refractivity contribution in [1.82, 2.24) is 0 Å². The van der Waals surface area contributed by atoms with Gasteiger partial charge in [0.15, 0.2) is 0 Å². The van der Waals surface area contributed by atoms with Gasteiger partial charge in [0.1, 0.15) is 0 Å². The number of anilines is 1. The molecule has 15 heavy (non-hydrogen) atoms. The molecule has 0 spiro atoms. The van der Waals surface area contributed by atoms with Gasteiger partial charge in [-0.05, 0) is 37.1 Å². The molecule has 0 saturated heterocycles. The molecule has 0 radical (unpaired) electrons. The zero-order chi connectivity index (χ0) is 11.3. The highest BCUT2D eigenvalue weighted by Gasteiger charge is 2.23. The van der Waals surface area contributed by atoms with E-state index in [4.69, 9.17) is 11.6 Å². The van der Waals surface area contributed by atoms with Crippen LogP contribution >= 0.6 is 11.6 Å². The van der Waals surface area contributed by atoms with Gasteiger partial charge in [-0.3, -0.25) is 0 Å². The summed E-state index contributed by atoms with van der Waals surface area (Å²) in [6.07, 6.45) is 0.0534. The summed E-state index contributed by atoms with van der Waals surface area (Å²) in [6, 6.07) is 7.79. The van der Waals surface area contributed by atoms with Gasteiger partial charge in [0.25, 0.3) is 0 Å². The molecule has 1 aromatic carbocycles. The van der Waals surface area contributed by atoms with Crippen molar-refractivity contribution >= 4 is 17.3 Å². The van der Waals surface area contributed by atoms with Crippen LogP contribution in [0.15, 0.2) is 24.3 Å². The van der Waals surface area contributed by atoms with E-state index in [-0.39, 0.29) is 6.42 Å². The fourth-order valence-electron chi connectivity index (χ4n) is 1.19. The van der Waals surface area contributed by atoms with E-state index in [1.807, 2.05) is 31.2 Å². The van der Waals surface area contributed by atoms with Crippen molar-refractivity contribution in [3.8, 4) is 0 Å². The molecule has 1 N–H and O–H groups in total. The Labute approximate surface area is 93.4 Å². The van der Waals surface area contributed by atoms with E-state index in [1.54, 1.807) is 0 Å². The average molecular weight is 234 g/mol. The van der Waals surface area contributed by atoms with Crippen molar-refractivity contribution in [2.75, 3.05) is 11.9 Å². The fourth-order valence-corrected chi connectivity index (χ4v) is 1.33. The molecule has 0 amide bonds. The van der Waals surface area contributed by atoms with Gasteiger partial charge in [-0.1, -0.05) is 17.7 Å². The van der Waals surface area contributed by atoms with Crippen LogP contribution in [0.25, 0.3) is 0 Å². The number of hydrogen-bond acceptors (Lipinski definition) is 1. The van der Waals surface area contributed by atoms with Crippen molar-refractivity contribution in [3.63, 3.8) is 0 Å². The quantitative estimate of drug-likeness (QED) is 0.598. The van der Waals surface area contributed by atoms with E-state index < -0.39 is 5.38 Å². The van der Waals surface area contributed by atoms with Gasteiger partial charge >= 0.3 is 5.38 Å². The number of nitrogens with one attached hydrogen (secondary N) is 1. The largest absolute Gasteiger partial charge is 0.385 e. The standard InChI is InChI=1S/C11H14ClF2N/c1-9-3-5-10(6-4-9)15-8-2-7-11(12,13)14/h3-6,15H,2,7-8H2,1H3. The fraction of sp³-hybridized carbons (Fsp3) is 0.455. The van der Waals surface area contributed by atoms with Crippen molar-refractivity contribution in [1.29, 1.82) is 0 Å². The molecular formula is C11H14ClF2N. The molecule has 0 saturated carbocycles. The predicted molar refractivity (Wildman–Crippen MR) is 59.7 cm³/mol. The molecular weight excluding hydrogens is 220 g/mol.